The van der Waals surface area contributed by atoms with Crippen LogP contribution in [-0.4, -0.2) is 40.9 Å². The fraction of sp³-hybridized carbons (Fsp3) is 0.545. The number of nitrogens with one attached hydrogen (secondary N) is 1. The molecule has 5 nitrogen and oxygen atoms in total. The Morgan fingerprint density at radius 2 is 1.93 bits per heavy atom. The molecular weight excluding hydrogens is 405 g/mol. The summed E-state index contributed by atoms with van der Waals surface area (Å²) in [6, 6.07) is 8.90. The van der Waals surface area contributed by atoms with Gasteiger partial charge in [0.15, 0.2) is 0 Å². The third kappa shape index (κ3) is 4.78. The Balaban J connectivity index is 1.45. The number of nitriles is 1. The van der Waals surface area contributed by atoms with E-state index in [2.05, 4.69) is 27.5 Å². The Morgan fingerprint density at radius 1 is 1.17 bits per heavy atom. The highest BCUT2D eigenvalue weighted by Gasteiger charge is 2.30. The number of aromatic nitrogens is 2. The second-order valence-electron chi connectivity index (χ2n) is 8.18. The van der Waals surface area contributed by atoms with Crippen LogP contribution in [0.15, 0.2) is 30.6 Å². The molecule has 29 heavy (non-hydrogen) atoms. The summed E-state index contributed by atoms with van der Waals surface area (Å²) in [5, 5.41) is 18.2. The number of rotatable bonds is 5. The Morgan fingerprint density at radius 3 is 2.62 bits per heavy atom. The molecule has 1 saturated heterocycles. The Bertz CT molecular complexity index is 860. The molecule has 154 valence electrons. The monoisotopic (exact) mass is 431 g/mol. The van der Waals surface area contributed by atoms with Crippen molar-refractivity contribution < 1.29 is 0 Å². The van der Waals surface area contributed by atoms with E-state index in [0.29, 0.717) is 33.6 Å². The van der Waals surface area contributed by atoms with Crippen LogP contribution in [0.2, 0.25) is 10.0 Å². The van der Waals surface area contributed by atoms with E-state index >= 15 is 0 Å². The average Bonchev–Trinajstić information content (AvgIpc) is 3.25. The van der Waals surface area contributed by atoms with Crippen LogP contribution in [-0.2, 0) is 0 Å². The summed E-state index contributed by atoms with van der Waals surface area (Å²) in [5.74, 6) is 0.659. The number of benzene rings is 1. The number of nitrogens with zero attached hydrogens (tertiary/aromatic N) is 4. The third-order valence-corrected chi connectivity index (χ3v) is 7.24. The molecule has 0 radical (unpaired) electrons. The van der Waals surface area contributed by atoms with Gasteiger partial charge in [0.1, 0.15) is 6.07 Å². The molecule has 2 fully saturated rings. The van der Waals surface area contributed by atoms with Crippen LogP contribution in [0.3, 0.4) is 0 Å². The number of piperazine rings is 1. The summed E-state index contributed by atoms with van der Waals surface area (Å²) in [6.45, 7) is 4.10. The van der Waals surface area contributed by atoms with Gasteiger partial charge in [0, 0.05) is 38.4 Å². The van der Waals surface area contributed by atoms with Gasteiger partial charge in [-0.1, -0.05) is 35.3 Å². The first-order chi connectivity index (χ1) is 14.2. The minimum atomic E-state index is 0.305. The molecule has 1 aromatic carbocycles. The lowest BCUT2D eigenvalue weighted by Crippen LogP contribution is -2.45. The van der Waals surface area contributed by atoms with Crippen LogP contribution < -0.4 is 5.32 Å². The van der Waals surface area contributed by atoms with E-state index in [9.17, 15) is 0 Å². The minimum absolute atomic E-state index is 0.305. The van der Waals surface area contributed by atoms with Crippen LogP contribution in [0.5, 0.6) is 0 Å². The summed E-state index contributed by atoms with van der Waals surface area (Å²) in [4.78, 5) is 2.56. The molecule has 1 unspecified atom stereocenters. The lowest BCUT2D eigenvalue weighted by atomic mass is 9.80. The van der Waals surface area contributed by atoms with Gasteiger partial charge in [0.25, 0.3) is 0 Å². The largest absolute Gasteiger partial charge is 0.314 e. The van der Waals surface area contributed by atoms with E-state index in [1.165, 1.54) is 12.8 Å². The van der Waals surface area contributed by atoms with Crippen LogP contribution in [0.25, 0.3) is 0 Å². The zero-order valence-electron chi connectivity index (χ0n) is 16.5. The lowest BCUT2D eigenvalue weighted by Gasteiger charge is -2.39. The van der Waals surface area contributed by atoms with Crippen LogP contribution in [0.1, 0.15) is 55.3 Å². The van der Waals surface area contributed by atoms with Crippen molar-refractivity contribution in [3.63, 3.8) is 0 Å². The molecule has 1 aliphatic heterocycles. The van der Waals surface area contributed by atoms with E-state index in [0.717, 1.165) is 51.0 Å². The highest BCUT2D eigenvalue weighted by atomic mass is 35.5. The predicted molar refractivity (Wildman–Crippen MR) is 116 cm³/mol. The van der Waals surface area contributed by atoms with E-state index < -0.39 is 0 Å². The molecule has 2 aliphatic rings. The Labute approximate surface area is 182 Å². The lowest BCUT2D eigenvalue weighted by molar-refractivity contribution is 0.132. The van der Waals surface area contributed by atoms with Gasteiger partial charge in [0.2, 0.25) is 0 Å². The van der Waals surface area contributed by atoms with Crippen LogP contribution in [0.4, 0.5) is 0 Å². The maximum absolute atomic E-state index is 9.03. The molecule has 1 N–H and O–H groups in total. The molecule has 1 atom stereocenters. The fourth-order valence-electron chi connectivity index (χ4n) is 4.80. The molecule has 0 bridgehead atoms. The average molecular weight is 432 g/mol. The zero-order chi connectivity index (χ0) is 20.2. The van der Waals surface area contributed by atoms with Gasteiger partial charge in [-0.05, 0) is 49.7 Å². The minimum Gasteiger partial charge on any atom is -0.314 e. The van der Waals surface area contributed by atoms with E-state index in [4.69, 9.17) is 28.5 Å². The summed E-state index contributed by atoms with van der Waals surface area (Å²) < 4.78 is 1.98. The van der Waals surface area contributed by atoms with E-state index in [1.54, 1.807) is 6.20 Å². The van der Waals surface area contributed by atoms with Crippen molar-refractivity contribution in [3.05, 3.63) is 51.8 Å². The van der Waals surface area contributed by atoms with E-state index in [-0.39, 0.29) is 0 Å². The summed E-state index contributed by atoms with van der Waals surface area (Å²) in [6.07, 6.45) is 9.20. The molecule has 4 rings (SSSR count). The quantitative estimate of drug-likeness (QED) is 0.736. The maximum Gasteiger partial charge on any atom is 0.102 e. The van der Waals surface area contributed by atoms with Crippen LogP contribution >= 0.6 is 23.2 Å². The number of hydrogen-bond acceptors (Lipinski definition) is 4. The van der Waals surface area contributed by atoms with Gasteiger partial charge >= 0.3 is 0 Å². The van der Waals surface area contributed by atoms with Crippen LogP contribution in [0, 0.1) is 17.2 Å². The summed E-state index contributed by atoms with van der Waals surface area (Å²) >= 11 is 13.0. The van der Waals surface area contributed by atoms with Gasteiger partial charge in [-0.3, -0.25) is 9.58 Å². The first-order valence-electron chi connectivity index (χ1n) is 10.5. The third-order valence-electron chi connectivity index (χ3n) is 6.41. The molecule has 7 heteroatoms. The molecular formula is C22H27Cl2N5. The zero-order valence-corrected chi connectivity index (χ0v) is 18.0. The summed E-state index contributed by atoms with van der Waals surface area (Å²) in [7, 11) is 0. The first-order valence-corrected chi connectivity index (χ1v) is 11.2. The second kappa shape index (κ2) is 9.49. The van der Waals surface area contributed by atoms with Crippen molar-refractivity contribution in [1.29, 1.82) is 5.26 Å². The van der Waals surface area contributed by atoms with Crippen molar-refractivity contribution in [2.24, 2.45) is 5.92 Å². The van der Waals surface area contributed by atoms with Crippen molar-refractivity contribution in [2.75, 3.05) is 26.2 Å². The molecule has 0 spiro atoms. The molecule has 0 amide bonds. The normalized spacial score (nSPS) is 24.2. The van der Waals surface area contributed by atoms with Crippen molar-refractivity contribution in [3.8, 4) is 6.07 Å². The van der Waals surface area contributed by atoms with Gasteiger partial charge in [-0.15, -0.1) is 0 Å². The predicted octanol–water partition coefficient (Wildman–Crippen LogP) is 4.83. The van der Waals surface area contributed by atoms with Crippen molar-refractivity contribution in [1.82, 2.24) is 20.0 Å². The SMILES string of the molecule is N#Cc1cnn(C2CCC(CC(c3cccc(Cl)c3Cl)N3CCNCC3)CC2)c1. The van der Waals surface area contributed by atoms with Gasteiger partial charge in [-0.2, -0.15) is 10.4 Å². The summed E-state index contributed by atoms with van der Waals surface area (Å²) in [5.41, 5.74) is 1.80. The van der Waals surface area contributed by atoms with Gasteiger partial charge in [-0.25, -0.2) is 0 Å². The van der Waals surface area contributed by atoms with Gasteiger partial charge < -0.3 is 5.32 Å². The highest BCUT2D eigenvalue weighted by Crippen LogP contribution is 2.41. The first kappa shape index (κ1) is 20.7. The van der Waals surface area contributed by atoms with Crippen molar-refractivity contribution in [2.45, 2.75) is 44.2 Å². The molecule has 1 aliphatic carbocycles. The second-order valence-corrected chi connectivity index (χ2v) is 8.96. The topological polar surface area (TPSA) is 56.9 Å². The number of halogens is 2. The maximum atomic E-state index is 9.03. The standard InChI is InChI=1S/C22H27Cl2N5/c23-20-3-1-2-19(22(20)24)21(28-10-8-26-9-11-28)12-16-4-6-18(7-5-16)29-15-17(13-25)14-27-29/h1-3,14-16,18,21,26H,4-12H2. The molecule has 1 aromatic heterocycles. The highest BCUT2D eigenvalue weighted by molar-refractivity contribution is 6.42. The Hall–Kier alpha value is -1.58. The molecule has 1 saturated carbocycles. The van der Waals surface area contributed by atoms with E-state index in [1.807, 2.05) is 23.0 Å². The molecule has 2 heterocycles. The van der Waals surface area contributed by atoms with Crippen molar-refractivity contribution >= 4 is 23.2 Å². The fourth-order valence-corrected chi connectivity index (χ4v) is 5.23. The Kier molecular flexibility index (Phi) is 6.77. The molecule has 2 aromatic rings. The van der Waals surface area contributed by atoms with Gasteiger partial charge in [0.05, 0.1) is 27.8 Å². The number of hydrogen-bond donors (Lipinski definition) is 1. The smallest absolute Gasteiger partial charge is 0.102 e.